The number of thiophene rings is 6. The summed E-state index contributed by atoms with van der Waals surface area (Å²) >= 11 is 11.2. The fraction of sp³-hybridized carbons (Fsp3) is 0.295. The van der Waals surface area contributed by atoms with Crippen LogP contribution in [0.1, 0.15) is 152 Å². The van der Waals surface area contributed by atoms with Crippen molar-refractivity contribution in [1.29, 1.82) is 0 Å². The number of ether oxygens (including phenoxy) is 1. The van der Waals surface area contributed by atoms with E-state index in [1.807, 2.05) is 39.8 Å². The van der Waals surface area contributed by atoms with Gasteiger partial charge in [0.1, 0.15) is 50.3 Å². The Morgan fingerprint density at radius 3 is 1.10 bits per heavy atom. The zero-order chi connectivity index (χ0) is 88.7. The summed E-state index contributed by atoms with van der Waals surface area (Å²) < 4.78 is 221. The first-order valence-electron chi connectivity index (χ1n) is 37.5. The molecule has 6 heterocycles. The van der Waals surface area contributed by atoms with Gasteiger partial charge < -0.3 is 42.1 Å². The number of methoxy groups -OCH3 is 1. The monoisotopic (exact) mass is 1920 g/mol. The molecule has 0 saturated heterocycles. The van der Waals surface area contributed by atoms with Gasteiger partial charge in [-0.3, -0.25) is 13.7 Å². The molecule has 0 saturated carbocycles. The van der Waals surface area contributed by atoms with Crippen molar-refractivity contribution in [2.45, 2.75) is 164 Å². The first-order valence-corrected chi connectivity index (χ1v) is 48.2. The molecule has 0 aliphatic rings. The number of carboxylic acid groups (broad SMARTS) is 1. The quantitative estimate of drug-likeness (QED) is 0.0312. The molecule has 14 rings (SSSR count). The molecule has 0 amide bonds. The van der Waals surface area contributed by atoms with E-state index in [1.165, 1.54) is 124 Å². The van der Waals surface area contributed by atoms with Gasteiger partial charge in [-0.15, -0.1) is 68.0 Å². The first kappa shape index (κ1) is 100. The molecule has 14 nitrogen and oxygen atoms in total. The van der Waals surface area contributed by atoms with Crippen molar-refractivity contribution in [3.05, 3.63) is 279 Å². The number of hydrogen-bond acceptors (Lipinski definition) is 19. The van der Waals surface area contributed by atoms with Crippen LogP contribution in [-0.2, 0) is 71.2 Å². The zero-order valence-corrected chi connectivity index (χ0v) is 76.6. The van der Waals surface area contributed by atoms with Crippen molar-refractivity contribution in [3.8, 4) is 0 Å². The van der Waals surface area contributed by atoms with Crippen LogP contribution in [0.5, 0.6) is 0 Å². The van der Waals surface area contributed by atoms with Gasteiger partial charge in [0.2, 0.25) is 0 Å². The second-order valence-electron chi connectivity index (χ2n) is 28.6. The SMILES string of the molecule is C.CC(C)OP(=O)(Cc1cc2c(F)cccc2s1)OC(C)C.CC(C)OP(=O)(OC(C)C)C(Cc1ccc(F)c(F)c1)c1cc2c(F)cccc2s1.CC(C)OP(=O)(OC(C)C)C(Cc1ccc(F)c(F)c1)c1sc2cccc(F)c2c1Br.COC(=O)c1cc2c(F)cccc2s1.O=C(O)c1cc2c(F)cccc2s1.OCc1cc2c(F)cccc2s1. The molecule has 0 radical (unpaired) electrons. The molecule has 654 valence electrons. The summed E-state index contributed by atoms with van der Waals surface area (Å²) in [6.07, 6.45) is -1.70. The molecule has 2 N–H and O–H groups in total. The average Bonchev–Trinajstić information content (AvgIpc) is 1.63. The van der Waals surface area contributed by atoms with Gasteiger partial charge in [-0.25, -0.2) is 53.5 Å². The molecular formula is C88H90BrF10O14P3S6. The number of rotatable bonds is 25. The molecule has 0 bridgehead atoms. The van der Waals surface area contributed by atoms with E-state index >= 15 is 0 Å². The number of carbonyl (C=O) groups excluding carboxylic acids is 1. The van der Waals surface area contributed by atoms with Crippen LogP contribution < -0.4 is 0 Å². The highest BCUT2D eigenvalue weighted by molar-refractivity contribution is 9.10. The Labute approximate surface area is 733 Å². The molecule has 0 spiro atoms. The van der Waals surface area contributed by atoms with E-state index in [9.17, 15) is 67.2 Å². The van der Waals surface area contributed by atoms with Crippen LogP contribution in [0.4, 0.5) is 43.9 Å². The van der Waals surface area contributed by atoms with Gasteiger partial charge in [-0.2, -0.15) is 0 Å². The lowest BCUT2D eigenvalue weighted by Gasteiger charge is -2.30. The summed E-state index contributed by atoms with van der Waals surface area (Å²) in [6.45, 7) is 21.2. The molecule has 6 aromatic heterocycles. The summed E-state index contributed by atoms with van der Waals surface area (Å²) in [5, 5.41) is 20.3. The lowest BCUT2D eigenvalue weighted by Crippen LogP contribution is -2.15. The largest absolute Gasteiger partial charge is 0.477 e. The third kappa shape index (κ3) is 26.6. The van der Waals surface area contributed by atoms with Crippen LogP contribution in [0, 0.1) is 58.2 Å². The molecule has 122 heavy (non-hydrogen) atoms. The van der Waals surface area contributed by atoms with Gasteiger partial charge in [-0.05, 0) is 250 Å². The minimum atomic E-state index is -3.81. The van der Waals surface area contributed by atoms with Gasteiger partial charge in [0.25, 0.3) is 0 Å². The van der Waals surface area contributed by atoms with Crippen LogP contribution in [0.2, 0.25) is 0 Å². The van der Waals surface area contributed by atoms with E-state index in [2.05, 4.69) is 20.7 Å². The number of aliphatic hydroxyl groups is 1. The Hall–Kier alpha value is -7.35. The van der Waals surface area contributed by atoms with E-state index in [0.717, 1.165) is 59.5 Å². The molecule has 2 atom stereocenters. The van der Waals surface area contributed by atoms with Crippen LogP contribution in [0.25, 0.3) is 60.5 Å². The number of fused-ring (bicyclic) bond motifs is 6. The predicted molar refractivity (Wildman–Crippen MR) is 479 cm³/mol. The van der Waals surface area contributed by atoms with E-state index < -0.39 is 99.5 Å². The number of carbonyl (C=O) groups is 2. The fourth-order valence-electron chi connectivity index (χ4n) is 12.1. The van der Waals surface area contributed by atoms with Crippen LogP contribution in [0.3, 0.4) is 0 Å². The number of aliphatic hydroxyl groups excluding tert-OH is 1. The van der Waals surface area contributed by atoms with Gasteiger partial charge in [0.15, 0.2) is 23.3 Å². The minimum Gasteiger partial charge on any atom is -0.477 e. The first-order chi connectivity index (χ1) is 57.1. The van der Waals surface area contributed by atoms with Crippen LogP contribution in [0.15, 0.2) is 180 Å². The van der Waals surface area contributed by atoms with E-state index in [-0.39, 0.29) is 79.2 Å². The molecule has 0 aliphatic heterocycles. The smallest absolute Gasteiger partial charge is 0.348 e. The standard InChI is InChI=1S/C22H23BrF3O3PS.C22H24F3O3PS.C15H20FO3PS.C10H7FO2S.C9H5FO2S.C9H7FOS.CH4/c1-12(2)28-30(27,29-13(3)4)18(11-14-8-9-15(24)17(26)10-14)22-21(23)20-16(25)6-5-7-19(20)31-22;1-13(2)27-29(26,28-14(3)4)20(11-15-8-9-18(24)19(25)10-15)22-12-16-17(23)6-5-7-21(16)30-22;1-10(2)18-20(17,19-11(3)4)9-12-8-13-14(16)6-5-7-15(13)21-12;1-13-10(12)9-5-6-7(11)3-2-4-8(6)14-9;10-6-2-1-3-7-5(6)4-8(13-7)9(11)12;10-8-2-1-3-9-7(8)4-6(5-11)12-9;/h5-10,12-13,18H,11H2,1-4H3;5-10,12-14,20H,11H2,1-4H3;5-8,10-11H,9H2,1-4H3;2-5H,1H3;1-4H,(H,11,12);1-4,11H,5H2;1H4. The molecule has 14 aromatic rings. The second kappa shape index (κ2) is 44.7. The molecule has 2 unspecified atom stereocenters. The molecule has 8 aromatic carbocycles. The number of benzene rings is 8. The fourth-order valence-corrected chi connectivity index (χ4v) is 27.7. The van der Waals surface area contributed by atoms with Crippen molar-refractivity contribution < 1.29 is 109 Å². The van der Waals surface area contributed by atoms with Crippen LogP contribution >= 0.6 is 107 Å². The number of aromatic carboxylic acids is 1. The summed E-state index contributed by atoms with van der Waals surface area (Å²) in [5.41, 5.74) is -0.789. The zero-order valence-electron chi connectivity index (χ0n) is 67.4. The number of halogens is 11. The Morgan fingerprint density at radius 1 is 0.385 bits per heavy atom. The highest BCUT2D eigenvalue weighted by atomic mass is 79.9. The van der Waals surface area contributed by atoms with E-state index in [4.69, 9.17) is 37.4 Å². The Kier molecular flexibility index (Phi) is 36.7. The van der Waals surface area contributed by atoms with E-state index in [0.29, 0.717) is 76.6 Å². The normalized spacial score (nSPS) is 12.3. The van der Waals surface area contributed by atoms with Crippen molar-refractivity contribution >= 4 is 179 Å². The van der Waals surface area contributed by atoms with Crippen molar-refractivity contribution in [3.63, 3.8) is 0 Å². The lowest BCUT2D eigenvalue weighted by atomic mass is 10.1. The minimum absolute atomic E-state index is 0. The maximum atomic E-state index is 14.5. The third-order valence-electron chi connectivity index (χ3n) is 16.8. The van der Waals surface area contributed by atoms with E-state index in [1.54, 1.807) is 134 Å². The van der Waals surface area contributed by atoms with Crippen LogP contribution in [-0.4, -0.2) is 65.9 Å². The maximum Gasteiger partial charge on any atom is 0.348 e. The molecular weight excluding hydrogens is 1840 g/mol. The third-order valence-corrected chi connectivity index (χ3v) is 32.8. The number of hydrogen-bond donors (Lipinski definition) is 2. The molecule has 0 aliphatic carbocycles. The van der Waals surface area contributed by atoms with Gasteiger partial charge in [0.05, 0.1) is 62.2 Å². The summed E-state index contributed by atoms with van der Waals surface area (Å²) in [6, 6.07) is 43.7. The Bertz CT molecular complexity index is 6040. The molecule has 34 heteroatoms. The van der Waals surface area contributed by atoms with Crippen molar-refractivity contribution in [1.82, 2.24) is 0 Å². The second-order valence-corrected chi connectivity index (χ2v) is 42.3. The Morgan fingerprint density at radius 2 is 0.730 bits per heavy atom. The lowest BCUT2D eigenvalue weighted by molar-refractivity contribution is 0.0605. The average molecular weight is 1930 g/mol. The number of carboxylic acids is 1. The summed E-state index contributed by atoms with van der Waals surface area (Å²) in [7, 11) is -9.49. The van der Waals surface area contributed by atoms with Gasteiger partial charge >= 0.3 is 34.7 Å². The highest BCUT2D eigenvalue weighted by Gasteiger charge is 2.43. The summed E-state index contributed by atoms with van der Waals surface area (Å²) in [5.74, 6) is -7.32. The topological polar surface area (TPSA) is 190 Å². The van der Waals surface area contributed by atoms with Crippen molar-refractivity contribution in [2.75, 3.05) is 7.11 Å². The summed E-state index contributed by atoms with van der Waals surface area (Å²) in [4.78, 5) is 25.1. The van der Waals surface area contributed by atoms with Crippen molar-refractivity contribution in [2.24, 2.45) is 0 Å². The Balaban J connectivity index is 0.000000188. The van der Waals surface area contributed by atoms with Gasteiger partial charge in [0, 0.05) is 84.5 Å². The molecule has 0 fully saturated rings. The van der Waals surface area contributed by atoms with Gasteiger partial charge in [-0.1, -0.05) is 56.0 Å². The number of esters is 1. The predicted octanol–water partition coefficient (Wildman–Crippen LogP) is 30.4. The highest BCUT2D eigenvalue weighted by Crippen LogP contribution is 2.67. The maximum absolute atomic E-state index is 14.5.